The third-order valence-electron chi connectivity index (χ3n) is 4.88. The van der Waals surface area contributed by atoms with Gasteiger partial charge in [0, 0.05) is 17.1 Å². The molecule has 0 N–H and O–H groups in total. The fourth-order valence-electron chi connectivity index (χ4n) is 4.06. The van der Waals surface area contributed by atoms with Crippen molar-refractivity contribution in [2.45, 2.75) is 46.1 Å². The molecular formula is C19H20NOS+. The third-order valence-corrected chi connectivity index (χ3v) is 5.97. The molecule has 3 heteroatoms. The lowest BCUT2D eigenvalue weighted by molar-refractivity contribution is -0.682. The van der Waals surface area contributed by atoms with Crippen LogP contribution in [0.4, 0.5) is 0 Å². The molecule has 4 rings (SSSR count). The lowest BCUT2D eigenvalue weighted by atomic mass is 9.84. The zero-order valence-electron chi connectivity index (χ0n) is 13.3. The summed E-state index contributed by atoms with van der Waals surface area (Å²) in [4.78, 5) is 14.3. The maximum atomic E-state index is 12.8. The molecule has 0 saturated heterocycles. The molecular weight excluding hydrogens is 290 g/mol. The van der Waals surface area contributed by atoms with Crippen LogP contribution >= 0.6 is 11.3 Å². The first-order valence-electron chi connectivity index (χ1n) is 7.88. The number of benzene rings is 1. The predicted molar refractivity (Wildman–Crippen MR) is 89.4 cm³/mol. The number of allylic oxidation sites excluding steroid dienone is 2. The van der Waals surface area contributed by atoms with Gasteiger partial charge < -0.3 is 0 Å². The summed E-state index contributed by atoms with van der Waals surface area (Å²) in [7, 11) is 0. The topological polar surface area (TPSA) is 20.9 Å². The minimum Gasteiger partial charge on any atom is -0.287 e. The van der Waals surface area contributed by atoms with Crippen LogP contribution in [-0.2, 0) is 6.54 Å². The van der Waals surface area contributed by atoms with Gasteiger partial charge in [-0.15, -0.1) is 0 Å². The Balaban J connectivity index is 1.66. The van der Waals surface area contributed by atoms with E-state index in [0.29, 0.717) is 12.5 Å². The second-order valence-electron chi connectivity index (χ2n) is 6.55. The number of aryl methyl sites for hydroxylation is 3. The van der Waals surface area contributed by atoms with Gasteiger partial charge in [-0.25, -0.2) is 0 Å². The van der Waals surface area contributed by atoms with Crippen LogP contribution < -0.4 is 4.57 Å². The number of fused-ring (bicyclic) bond motifs is 4. The molecule has 2 nitrogen and oxygen atoms in total. The van der Waals surface area contributed by atoms with Crippen molar-refractivity contribution in [1.29, 1.82) is 0 Å². The number of carbonyl (C=O) groups is 1. The number of hydrogen-bond donors (Lipinski definition) is 0. The van der Waals surface area contributed by atoms with Crippen LogP contribution in [0.25, 0.3) is 5.57 Å². The number of nitrogens with zero attached hydrogens (tertiary/aromatic N) is 1. The van der Waals surface area contributed by atoms with Crippen molar-refractivity contribution >= 4 is 22.7 Å². The lowest BCUT2D eigenvalue weighted by Crippen LogP contribution is -2.42. The van der Waals surface area contributed by atoms with Gasteiger partial charge in [-0.05, 0) is 44.7 Å². The molecule has 22 heavy (non-hydrogen) atoms. The predicted octanol–water partition coefficient (Wildman–Crippen LogP) is 4.12. The molecule has 1 heterocycles. The van der Waals surface area contributed by atoms with E-state index in [1.807, 2.05) is 25.2 Å². The number of aromatic nitrogens is 1. The first kappa shape index (κ1) is 13.9. The van der Waals surface area contributed by atoms with Crippen molar-refractivity contribution in [2.75, 3.05) is 0 Å². The molecule has 1 aromatic carbocycles. The summed E-state index contributed by atoms with van der Waals surface area (Å²) >= 11 is 1.81. The Morgan fingerprint density at radius 1 is 1.27 bits per heavy atom. The Hall–Kier alpha value is -1.74. The number of Topliss-reactive ketones (excluding diaryl/α,β-unsaturated/α-hetero) is 1. The molecule has 2 aliphatic rings. The van der Waals surface area contributed by atoms with Crippen molar-refractivity contribution in [3.05, 3.63) is 56.5 Å². The normalized spacial score (nSPS) is 18.5. The highest BCUT2D eigenvalue weighted by Crippen LogP contribution is 2.52. The minimum atomic E-state index is 0.225. The van der Waals surface area contributed by atoms with Crippen LogP contribution in [0.5, 0.6) is 0 Å². The van der Waals surface area contributed by atoms with E-state index >= 15 is 0 Å². The largest absolute Gasteiger partial charge is 0.287 e. The highest BCUT2D eigenvalue weighted by molar-refractivity contribution is 7.10. The van der Waals surface area contributed by atoms with E-state index in [1.54, 1.807) is 0 Å². The van der Waals surface area contributed by atoms with Crippen molar-refractivity contribution in [1.82, 2.24) is 0 Å². The number of rotatable bonds is 3. The van der Waals surface area contributed by atoms with E-state index < -0.39 is 0 Å². The van der Waals surface area contributed by atoms with Gasteiger partial charge in [-0.2, -0.15) is 4.57 Å². The zero-order valence-corrected chi connectivity index (χ0v) is 14.1. The second kappa shape index (κ2) is 4.88. The molecule has 1 aromatic heterocycles. The maximum Gasteiger partial charge on any atom is 0.228 e. The standard InChI is InChI=1S/C19H20NOS/c1-11-7-12(2)17(13(3)8-11)16(21)9-20-10-22-19-15-6-4-5-14(15)18(19)20/h5,7-8,10,15H,4,6,9H2,1-3H3/q+1. The van der Waals surface area contributed by atoms with Crippen LogP contribution in [0.1, 0.15) is 56.4 Å². The number of carbonyl (C=O) groups excluding carboxylic acids is 1. The monoisotopic (exact) mass is 310 g/mol. The molecule has 0 saturated carbocycles. The molecule has 0 spiro atoms. The number of thiazole rings is 1. The molecule has 1 atom stereocenters. The van der Waals surface area contributed by atoms with Crippen LogP contribution in [0, 0.1) is 20.8 Å². The van der Waals surface area contributed by atoms with Crippen LogP contribution in [0.3, 0.4) is 0 Å². The maximum absolute atomic E-state index is 12.8. The highest BCUT2D eigenvalue weighted by Gasteiger charge is 2.44. The Kier molecular flexibility index (Phi) is 3.08. The summed E-state index contributed by atoms with van der Waals surface area (Å²) in [6.07, 6.45) is 4.79. The van der Waals surface area contributed by atoms with E-state index in [-0.39, 0.29) is 5.78 Å². The lowest BCUT2D eigenvalue weighted by Gasteiger charge is -2.20. The molecule has 112 valence electrons. The van der Waals surface area contributed by atoms with Gasteiger partial charge in [0.15, 0.2) is 0 Å². The van der Waals surface area contributed by atoms with Gasteiger partial charge in [-0.3, -0.25) is 4.79 Å². The molecule has 2 aliphatic carbocycles. The van der Waals surface area contributed by atoms with Gasteiger partial charge in [0.25, 0.3) is 0 Å². The first-order chi connectivity index (χ1) is 10.6. The first-order valence-corrected chi connectivity index (χ1v) is 8.76. The Morgan fingerprint density at radius 2 is 2.00 bits per heavy atom. The third kappa shape index (κ3) is 1.92. The minimum absolute atomic E-state index is 0.225. The van der Waals surface area contributed by atoms with E-state index in [0.717, 1.165) is 16.7 Å². The molecule has 2 aromatic rings. The van der Waals surface area contributed by atoms with E-state index in [1.165, 1.54) is 34.5 Å². The fraction of sp³-hybridized carbons (Fsp3) is 0.368. The van der Waals surface area contributed by atoms with Gasteiger partial charge >= 0.3 is 0 Å². The van der Waals surface area contributed by atoms with Crippen molar-refractivity contribution in [2.24, 2.45) is 0 Å². The van der Waals surface area contributed by atoms with Gasteiger partial charge in [0.2, 0.25) is 23.5 Å². The van der Waals surface area contributed by atoms with Gasteiger partial charge in [0.1, 0.15) is 0 Å². The van der Waals surface area contributed by atoms with Crippen molar-refractivity contribution in [3.63, 3.8) is 0 Å². The Morgan fingerprint density at radius 3 is 2.73 bits per heavy atom. The fourth-order valence-corrected chi connectivity index (χ4v) is 5.23. The van der Waals surface area contributed by atoms with Crippen molar-refractivity contribution < 1.29 is 9.36 Å². The molecule has 0 radical (unpaired) electrons. The smallest absolute Gasteiger partial charge is 0.228 e. The van der Waals surface area contributed by atoms with Crippen LogP contribution in [0.15, 0.2) is 23.7 Å². The van der Waals surface area contributed by atoms with E-state index in [2.05, 4.69) is 35.2 Å². The van der Waals surface area contributed by atoms with Crippen LogP contribution in [-0.4, -0.2) is 5.78 Å². The number of hydrogen-bond acceptors (Lipinski definition) is 2. The summed E-state index contributed by atoms with van der Waals surface area (Å²) < 4.78 is 2.16. The SMILES string of the molecule is Cc1cc(C)c(C(=O)C[n+]2csc3c2C2=CCCC23)c(C)c1. The summed E-state index contributed by atoms with van der Waals surface area (Å²) in [5, 5.41) is 0. The Labute approximate surface area is 135 Å². The van der Waals surface area contributed by atoms with Crippen LogP contribution in [0.2, 0.25) is 0 Å². The molecule has 0 fully saturated rings. The van der Waals surface area contributed by atoms with Gasteiger partial charge in [0.05, 0.1) is 4.88 Å². The number of ketones is 1. The van der Waals surface area contributed by atoms with E-state index in [4.69, 9.17) is 0 Å². The molecule has 0 amide bonds. The molecule has 0 bridgehead atoms. The summed E-state index contributed by atoms with van der Waals surface area (Å²) in [6.45, 7) is 6.62. The second-order valence-corrected chi connectivity index (χ2v) is 7.44. The Bertz CT molecular complexity index is 805. The summed E-state index contributed by atoms with van der Waals surface area (Å²) in [5.41, 5.74) is 9.22. The average molecular weight is 310 g/mol. The van der Waals surface area contributed by atoms with Gasteiger partial charge in [-0.1, -0.05) is 35.1 Å². The molecule has 1 unspecified atom stereocenters. The zero-order chi connectivity index (χ0) is 15.4. The van der Waals surface area contributed by atoms with E-state index in [9.17, 15) is 4.79 Å². The molecule has 0 aliphatic heterocycles. The summed E-state index contributed by atoms with van der Waals surface area (Å²) in [6, 6.07) is 4.21. The average Bonchev–Trinajstić information content (AvgIpc) is 2.95. The van der Waals surface area contributed by atoms with Crippen molar-refractivity contribution in [3.8, 4) is 0 Å². The quantitative estimate of drug-likeness (QED) is 0.617. The summed E-state index contributed by atoms with van der Waals surface area (Å²) in [5.74, 6) is 0.891. The highest BCUT2D eigenvalue weighted by atomic mass is 32.1.